The van der Waals surface area contributed by atoms with Crippen molar-refractivity contribution in [3.63, 3.8) is 0 Å². The lowest BCUT2D eigenvalue weighted by molar-refractivity contribution is -0.209. The summed E-state index contributed by atoms with van der Waals surface area (Å²) in [4.78, 5) is 24.9. The Hall–Kier alpha value is -1.22. The van der Waals surface area contributed by atoms with Gasteiger partial charge in [0.15, 0.2) is 0 Å². The second kappa shape index (κ2) is 15.0. The predicted octanol–water partition coefficient (Wildman–Crippen LogP) is 8.41. The van der Waals surface area contributed by atoms with Gasteiger partial charge in [0.25, 0.3) is 0 Å². The van der Waals surface area contributed by atoms with Crippen LogP contribution in [0, 0.1) is 92.7 Å². The number of hydrogen-bond donors (Lipinski definition) is 5. The fourth-order valence-corrected chi connectivity index (χ4v) is 17.7. The van der Waals surface area contributed by atoms with E-state index in [1.165, 1.54) is 19.3 Å². The molecular formula is C48H78O8. The number of fused-ring (bicyclic) bond motifs is 10. The van der Waals surface area contributed by atoms with E-state index in [2.05, 4.69) is 41.5 Å². The Bertz CT molecular complexity index is 1470. The van der Waals surface area contributed by atoms with E-state index in [1.807, 2.05) is 0 Å². The highest BCUT2D eigenvalue weighted by Crippen LogP contribution is 2.70. The van der Waals surface area contributed by atoms with Crippen LogP contribution in [0.4, 0.5) is 0 Å². The fraction of sp³-hybridized carbons (Fsp3) is 0.958. The Labute approximate surface area is 337 Å². The Balaban J connectivity index is 0.859. The third kappa shape index (κ3) is 6.48. The van der Waals surface area contributed by atoms with E-state index in [9.17, 15) is 35.1 Å². The van der Waals surface area contributed by atoms with Crippen LogP contribution < -0.4 is 0 Å². The van der Waals surface area contributed by atoms with Gasteiger partial charge in [-0.2, -0.15) is 0 Å². The van der Waals surface area contributed by atoms with Crippen LogP contribution in [0.1, 0.15) is 164 Å². The minimum Gasteiger partial charge on any atom is -0.481 e. The van der Waals surface area contributed by atoms with E-state index in [-0.39, 0.29) is 87.9 Å². The smallest absolute Gasteiger partial charge is 0.306 e. The van der Waals surface area contributed by atoms with Crippen LogP contribution in [0.3, 0.4) is 0 Å². The van der Waals surface area contributed by atoms with E-state index in [4.69, 9.17) is 4.74 Å². The number of carbonyl (C=O) groups excluding carboxylic acids is 1. The highest BCUT2D eigenvalue weighted by Gasteiger charge is 2.67. The first-order chi connectivity index (χ1) is 26.4. The number of carbonyl (C=O) groups is 2. The van der Waals surface area contributed by atoms with Gasteiger partial charge in [0.2, 0.25) is 0 Å². The number of aliphatic carboxylic acids is 1. The molecule has 56 heavy (non-hydrogen) atoms. The first-order valence-electron chi connectivity index (χ1n) is 23.6. The first-order valence-corrected chi connectivity index (χ1v) is 23.6. The van der Waals surface area contributed by atoms with Gasteiger partial charge < -0.3 is 30.3 Å². The SMILES string of the molecule is C[C@H](CCC(=O)O[C@@H]1CC[C@]2(C)C3C[C@H](O)[C@@]4(C)C(CC[C@@H]4[C@H](C)CCC(=O)O)C3C(O)C[C@@H]2C1)[C@H]1CCC2C3CC[C@@H]4C[C@H](O)CC[C@]4(C)C3C[C@H](O)[C@@]21C. The monoisotopic (exact) mass is 783 g/mol. The van der Waals surface area contributed by atoms with Crippen molar-refractivity contribution in [2.24, 2.45) is 92.7 Å². The summed E-state index contributed by atoms with van der Waals surface area (Å²) in [5.41, 5.74) is -0.203. The Morgan fingerprint density at radius 3 is 1.89 bits per heavy atom. The molecule has 8 aliphatic carbocycles. The maximum Gasteiger partial charge on any atom is 0.306 e. The number of aliphatic hydroxyl groups excluding tert-OH is 4. The Morgan fingerprint density at radius 2 is 1.21 bits per heavy atom. The van der Waals surface area contributed by atoms with Crippen molar-refractivity contribution in [2.45, 2.75) is 194 Å². The van der Waals surface area contributed by atoms with E-state index >= 15 is 0 Å². The Morgan fingerprint density at radius 1 is 0.625 bits per heavy atom. The van der Waals surface area contributed by atoms with Gasteiger partial charge in [0.05, 0.1) is 24.4 Å². The minimum atomic E-state index is -0.762. The van der Waals surface area contributed by atoms with Gasteiger partial charge in [-0.15, -0.1) is 0 Å². The van der Waals surface area contributed by atoms with Gasteiger partial charge in [-0.25, -0.2) is 0 Å². The largest absolute Gasteiger partial charge is 0.481 e. The molecule has 8 fully saturated rings. The molecule has 0 aromatic rings. The zero-order valence-electron chi connectivity index (χ0n) is 35.7. The highest BCUT2D eigenvalue weighted by atomic mass is 16.5. The van der Waals surface area contributed by atoms with Gasteiger partial charge in [0, 0.05) is 12.8 Å². The molecular weight excluding hydrogens is 705 g/mol. The molecule has 8 rings (SSSR count). The molecule has 21 atom stereocenters. The van der Waals surface area contributed by atoms with E-state index in [0.717, 1.165) is 77.0 Å². The summed E-state index contributed by atoms with van der Waals surface area (Å²) in [6, 6.07) is 0. The molecule has 0 heterocycles. The second-order valence-corrected chi connectivity index (χ2v) is 22.8. The number of carboxylic acid groups (broad SMARTS) is 1. The van der Waals surface area contributed by atoms with Crippen molar-refractivity contribution < 1.29 is 39.9 Å². The molecule has 8 heteroatoms. The molecule has 8 nitrogen and oxygen atoms in total. The van der Waals surface area contributed by atoms with Gasteiger partial charge in [-0.05, 0) is 202 Å². The van der Waals surface area contributed by atoms with Crippen molar-refractivity contribution in [1.29, 1.82) is 0 Å². The van der Waals surface area contributed by atoms with E-state index < -0.39 is 18.2 Å². The van der Waals surface area contributed by atoms with Crippen molar-refractivity contribution in [3.05, 3.63) is 0 Å². The lowest BCUT2D eigenvalue weighted by Crippen LogP contribution is -2.62. The van der Waals surface area contributed by atoms with Crippen LogP contribution in [-0.4, -0.2) is 68.0 Å². The predicted molar refractivity (Wildman–Crippen MR) is 215 cm³/mol. The maximum absolute atomic E-state index is 13.5. The topological polar surface area (TPSA) is 145 Å². The molecule has 0 aromatic heterocycles. The molecule has 8 aliphatic rings. The van der Waals surface area contributed by atoms with Gasteiger partial charge in [0.1, 0.15) is 6.10 Å². The van der Waals surface area contributed by atoms with Crippen LogP contribution in [0.25, 0.3) is 0 Å². The summed E-state index contributed by atoms with van der Waals surface area (Å²) in [6.45, 7) is 14.0. The third-order valence-electron chi connectivity index (χ3n) is 20.9. The number of rotatable bonds is 9. The lowest BCUT2D eigenvalue weighted by atomic mass is 9.43. The van der Waals surface area contributed by atoms with E-state index in [0.29, 0.717) is 54.8 Å². The average molecular weight is 783 g/mol. The van der Waals surface area contributed by atoms with Gasteiger partial charge >= 0.3 is 11.9 Å². The average Bonchev–Trinajstić information content (AvgIpc) is 3.70. The van der Waals surface area contributed by atoms with Crippen LogP contribution >= 0.6 is 0 Å². The zero-order chi connectivity index (χ0) is 40.1. The van der Waals surface area contributed by atoms with Crippen LogP contribution in [0.5, 0.6) is 0 Å². The fourth-order valence-electron chi connectivity index (χ4n) is 17.7. The number of hydrogen-bond acceptors (Lipinski definition) is 7. The molecule has 0 radical (unpaired) electrons. The lowest BCUT2D eigenvalue weighted by Gasteiger charge is -2.63. The number of esters is 1. The van der Waals surface area contributed by atoms with Crippen LogP contribution in [0.15, 0.2) is 0 Å². The summed E-state index contributed by atoms with van der Waals surface area (Å²) < 4.78 is 6.27. The summed E-state index contributed by atoms with van der Waals surface area (Å²) in [7, 11) is 0. The molecule has 318 valence electrons. The van der Waals surface area contributed by atoms with Crippen molar-refractivity contribution in [3.8, 4) is 0 Å². The number of aliphatic hydroxyl groups is 4. The van der Waals surface area contributed by atoms with Crippen molar-refractivity contribution >= 4 is 11.9 Å². The second-order valence-electron chi connectivity index (χ2n) is 22.8. The molecule has 7 unspecified atom stereocenters. The van der Waals surface area contributed by atoms with Crippen molar-refractivity contribution in [2.75, 3.05) is 0 Å². The van der Waals surface area contributed by atoms with E-state index in [1.54, 1.807) is 0 Å². The molecule has 0 amide bonds. The molecule has 8 saturated carbocycles. The first kappa shape index (κ1) is 41.5. The molecule has 0 spiro atoms. The van der Waals surface area contributed by atoms with Crippen LogP contribution in [0.2, 0.25) is 0 Å². The molecule has 0 aliphatic heterocycles. The van der Waals surface area contributed by atoms with Gasteiger partial charge in [-0.3, -0.25) is 9.59 Å². The molecule has 5 N–H and O–H groups in total. The van der Waals surface area contributed by atoms with Gasteiger partial charge in [-0.1, -0.05) is 41.5 Å². The summed E-state index contributed by atoms with van der Waals surface area (Å²) in [5, 5.41) is 55.6. The standard InChI is InChI=1S/C48H78O8/c1-26(7-15-42(53)54)34-12-14-36-44-38(25-41(52)48(34,36)6)46(4)20-18-31(22-29(46)23-39(44)50)56-43(55)16-8-27(2)33-11-13-35-32-10-9-28-21-30(49)17-19-45(28,3)37(32)24-40(51)47(33,35)5/h26-41,44,49-52H,7-25H2,1-6H3,(H,53,54)/t26-,27-,28-,29+,30-,31-,32?,33-,34-,35?,36?,37?,38?,39?,40+,41+,44?,45+,46+,47-,48-/m1/s1. The number of carboxylic acids is 1. The molecule has 0 saturated heterocycles. The Kier molecular flexibility index (Phi) is 11.2. The summed E-state index contributed by atoms with van der Waals surface area (Å²) >= 11 is 0. The molecule has 0 aromatic carbocycles. The van der Waals surface area contributed by atoms with Crippen molar-refractivity contribution in [1.82, 2.24) is 0 Å². The number of ether oxygens (including phenoxy) is 1. The normalized spacial score (nSPS) is 53.3. The molecule has 0 bridgehead atoms. The summed E-state index contributed by atoms with van der Waals surface area (Å²) in [6.07, 6.45) is 15.0. The zero-order valence-corrected chi connectivity index (χ0v) is 35.7. The summed E-state index contributed by atoms with van der Waals surface area (Å²) in [5.74, 6) is 3.51. The maximum atomic E-state index is 13.5. The highest BCUT2D eigenvalue weighted by molar-refractivity contribution is 5.69. The van der Waals surface area contributed by atoms with Crippen LogP contribution in [-0.2, 0) is 14.3 Å². The third-order valence-corrected chi connectivity index (χ3v) is 20.9. The quantitative estimate of drug-likeness (QED) is 0.147. The minimum absolute atomic E-state index is 0.0140.